The third-order valence-electron chi connectivity index (χ3n) is 3.09. The normalized spacial score (nSPS) is 11.3. The average molecular weight is 343 g/mol. The lowest BCUT2D eigenvalue weighted by Gasteiger charge is -2.20. The Hall–Kier alpha value is -1.36. The first-order chi connectivity index (χ1) is 11.0. The topological polar surface area (TPSA) is 65.1 Å². The third kappa shape index (κ3) is 7.64. The Bertz CT molecular complexity index is 498. The third-order valence-corrected chi connectivity index (χ3v) is 5.26. The summed E-state index contributed by atoms with van der Waals surface area (Å²) in [6, 6.07) is 9.49. The number of rotatable bonds is 10. The van der Waals surface area contributed by atoms with E-state index in [4.69, 9.17) is 13.8 Å². The maximum absolute atomic E-state index is 12.3. The van der Waals surface area contributed by atoms with E-state index in [0.29, 0.717) is 26.2 Å². The van der Waals surface area contributed by atoms with Gasteiger partial charge in [-0.25, -0.2) is 4.79 Å². The van der Waals surface area contributed by atoms with Crippen LogP contribution in [-0.2, 0) is 25.0 Å². The molecule has 6 nitrogen and oxygen atoms in total. The Morgan fingerprint density at radius 2 is 1.74 bits per heavy atom. The summed E-state index contributed by atoms with van der Waals surface area (Å²) < 4.78 is 28.0. The fraction of sp³-hybridized carbons (Fsp3) is 0.562. The Morgan fingerprint density at radius 3 is 2.30 bits per heavy atom. The number of carbonyl (C=O) groups excluding carboxylic acids is 1. The highest BCUT2D eigenvalue weighted by molar-refractivity contribution is 7.53. The van der Waals surface area contributed by atoms with Crippen LogP contribution in [0, 0.1) is 0 Å². The molecule has 0 radical (unpaired) electrons. The molecule has 0 aliphatic carbocycles. The standard InChI is InChI=1S/C16H26NO5P/c1-4-21-23(19,22-5-2)13-9-12-17(3)16(18)20-14-15-10-7-6-8-11-15/h6-8,10-11H,4-5,9,12-14H2,1-3H3. The van der Waals surface area contributed by atoms with E-state index < -0.39 is 13.7 Å². The fourth-order valence-corrected chi connectivity index (χ4v) is 3.63. The molecule has 1 rings (SSSR count). The van der Waals surface area contributed by atoms with Gasteiger partial charge in [0.2, 0.25) is 0 Å². The Balaban J connectivity index is 2.33. The molecule has 0 bridgehead atoms. The van der Waals surface area contributed by atoms with Crippen molar-refractivity contribution in [1.82, 2.24) is 4.90 Å². The molecule has 0 saturated carbocycles. The van der Waals surface area contributed by atoms with Crippen LogP contribution in [-0.4, -0.2) is 44.0 Å². The number of carbonyl (C=O) groups is 1. The van der Waals surface area contributed by atoms with E-state index in [-0.39, 0.29) is 12.8 Å². The van der Waals surface area contributed by atoms with Crippen molar-refractivity contribution in [3.63, 3.8) is 0 Å². The zero-order chi connectivity index (χ0) is 17.1. The Labute approximate surface area is 138 Å². The molecular formula is C16H26NO5P. The number of hydrogen-bond donors (Lipinski definition) is 0. The minimum absolute atomic E-state index is 0.237. The van der Waals surface area contributed by atoms with Crippen LogP contribution in [0.5, 0.6) is 0 Å². The van der Waals surface area contributed by atoms with Crippen molar-refractivity contribution in [1.29, 1.82) is 0 Å². The highest BCUT2D eigenvalue weighted by Crippen LogP contribution is 2.48. The van der Waals surface area contributed by atoms with Crippen LogP contribution in [0.1, 0.15) is 25.8 Å². The largest absolute Gasteiger partial charge is 0.445 e. The Morgan fingerprint density at radius 1 is 1.13 bits per heavy atom. The summed E-state index contributed by atoms with van der Waals surface area (Å²) in [7, 11) is -1.40. The van der Waals surface area contributed by atoms with E-state index in [1.165, 1.54) is 4.90 Å². The van der Waals surface area contributed by atoms with E-state index in [9.17, 15) is 9.36 Å². The zero-order valence-electron chi connectivity index (χ0n) is 14.1. The minimum Gasteiger partial charge on any atom is -0.445 e. The number of benzene rings is 1. The molecule has 0 saturated heterocycles. The maximum Gasteiger partial charge on any atom is 0.409 e. The minimum atomic E-state index is -3.05. The quantitative estimate of drug-likeness (QED) is 0.603. The van der Waals surface area contributed by atoms with Gasteiger partial charge in [-0.2, -0.15) is 0 Å². The maximum atomic E-state index is 12.3. The predicted octanol–water partition coefficient (Wildman–Crippen LogP) is 3.91. The van der Waals surface area contributed by atoms with Gasteiger partial charge in [0, 0.05) is 13.6 Å². The van der Waals surface area contributed by atoms with Crippen molar-refractivity contribution in [2.75, 3.05) is 33.0 Å². The molecule has 130 valence electrons. The molecular weight excluding hydrogens is 317 g/mol. The van der Waals surface area contributed by atoms with Gasteiger partial charge in [-0.15, -0.1) is 0 Å². The molecule has 1 amide bonds. The van der Waals surface area contributed by atoms with Crippen molar-refractivity contribution in [3.8, 4) is 0 Å². The molecule has 0 aliphatic heterocycles. The van der Waals surface area contributed by atoms with Crippen LogP contribution < -0.4 is 0 Å². The monoisotopic (exact) mass is 343 g/mol. The molecule has 0 fully saturated rings. The lowest BCUT2D eigenvalue weighted by atomic mass is 10.2. The van der Waals surface area contributed by atoms with E-state index >= 15 is 0 Å². The molecule has 0 N–H and O–H groups in total. The van der Waals surface area contributed by atoms with Crippen molar-refractivity contribution >= 4 is 13.7 Å². The molecule has 0 heterocycles. The second-order valence-electron chi connectivity index (χ2n) is 4.99. The van der Waals surface area contributed by atoms with E-state index in [2.05, 4.69) is 0 Å². The first kappa shape index (κ1) is 19.7. The van der Waals surface area contributed by atoms with Crippen LogP contribution in [0.3, 0.4) is 0 Å². The van der Waals surface area contributed by atoms with E-state index in [0.717, 1.165) is 5.56 Å². The summed E-state index contributed by atoms with van der Waals surface area (Å²) in [6.45, 7) is 4.90. The molecule has 0 atom stereocenters. The first-order valence-corrected chi connectivity index (χ1v) is 9.53. The zero-order valence-corrected chi connectivity index (χ0v) is 15.0. The number of nitrogens with zero attached hydrogens (tertiary/aromatic N) is 1. The summed E-state index contributed by atoms with van der Waals surface area (Å²) in [4.78, 5) is 13.4. The van der Waals surface area contributed by atoms with Gasteiger partial charge in [-0.1, -0.05) is 30.3 Å². The molecule has 1 aromatic rings. The van der Waals surface area contributed by atoms with Gasteiger partial charge in [-0.3, -0.25) is 4.57 Å². The predicted molar refractivity (Wildman–Crippen MR) is 89.6 cm³/mol. The van der Waals surface area contributed by atoms with Gasteiger partial charge >= 0.3 is 13.7 Å². The SMILES string of the molecule is CCOP(=O)(CCCN(C)C(=O)OCc1ccccc1)OCC. The summed E-state index contributed by atoms with van der Waals surface area (Å²) in [5.74, 6) is 0. The lowest BCUT2D eigenvalue weighted by molar-refractivity contribution is 0.104. The summed E-state index contributed by atoms with van der Waals surface area (Å²) in [5, 5.41) is 0. The van der Waals surface area contributed by atoms with E-state index in [1.54, 1.807) is 20.9 Å². The van der Waals surface area contributed by atoms with Gasteiger partial charge in [0.15, 0.2) is 0 Å². The summed E-state index contributed by atoms with van der Waals surface area (Å²) >= 11 is 0. The first-order valence-electron chi connectivity index (χ1n) is 7.80. The number of ether oxygens (including phenoxy) is 1. The van der Waals surface area contributed by atoms with Crippen LogP contribution >= 0.6 is 7.60 Å². The van der Waals surface area contributed by atoms with Gasteiger partial charge < -0.3 is 18.7 Å². The smallest absolute Gasteiger partial charge is 0.409 e. The molecule has 0 aliphatic rings. The molecule has 1 aromatic carbocycles. The summed E-state index contributed by atoms with van der Waals surface area (Å²) in [6.07, 6.45) is 0.399. The molecule has 23 heavy (non-hydrogen) atoms. The molecule has 0 aromatic heterocycles. The molecule has 0 spiro atoms. The van der Waals surface area contributed by atoms with Crippen molar-refractivity contribution in [2.45, 2.75) is 26.9 Å². The van der Waals surface area contributed by atoms with Crippen LogP contribution in [0.25, 0.3) is 0 Å². The van der Waals surface area contributed by atoms with Crippen molar-refractivity contribution < 1.29 is 23.1 Å². The highest BCUT2D eigenvalue weighted by atomic mass is 31.2. The van der Waals surface area contributed by atoms with Gasteiger partial charge in [0.05, 0.1) is 19.4 Å². The van der Waals surface area contributed by atoms with Crippen molar-refractivity contribution in [2.24, 2.45) is 0 Å². The second-order valence-corrected chi connectivity index (χ2v) is 7.17. The van der Waals surface area contributed by atoms with Crippen molar-refractivity contribution in [3.05, 3.63) is 35.9 Å². The number of amides is 1. The average Bonchev–Trinajstić information content (AvgIpc) is 2.54. The second kappa shape index (κ2) is 10.4. The lowest BCUT2D eigenvalue weighted by Crippen LogP contribution is -2.28. The van der Waals surface area contributed by atoms with Gasteiger partial charge in [-0.05, 0) is 25.8 Å². The van der Waals surface area contributed by atoms with Gasteiger partial charge in [0.25, 0.3) is 0 Å². The Kier molecular flexibility index (Phi) is 8.92. The number of hydrogen-bond acceptors (Lipinski definition) is 5. The molecule has 0 unspecified atom stereocenters. The summed E-state index contributed by atoms with van der Waals surface area (Å²) in [5.41, 5.74) is 0.937. The van der Waals surface area contributed by atoms with Gasteiger partial charge in [0.1, 0.15) is 6.61 Å². The fourth-order valence-electron chi connectivity index (χ4n) is 1.98. The highest BCUT2D eigenvalue weighted by Gasteiger charge is 2.23. The van der Waals surface area contributed by atoms with E-state index in [1.807, 2.05) is 30.3 Å². The van der Waals surface area contributed by atoms with Crippen LogP contribution in [0.2, 0.25) is 0 Å². The van der Waals surface area contributed by atoms with Crippen LogP contribution in [0.15, 0.2) is 30.3 Å². The molecule has 7 heteroatoms. The van der Waals surface area contributed by atoms with Crippen LogP contribution in [0.4, 0.5) is 4.79 Å².